The van der Waals surface area contributed by atoms with Crippen molar-refractivity contribution >= 4 is 17.3 Å². The minimum Gasteiger partial charge on any atom is -0.491 e. The highest BCUT2D eigenvalue weighted by Gasteiger charge is 2.20. The molecule has 3 rings (SSSR count). The molecule has 1 N–H and O–H groups in total. The molecule has 0 amide bonds. The van der Waals surface area contributed by atoms with E-state index in [1.165, 1.54) is 16.8 Å². The van der Waals surface area contributed by atoms with E-state index < -0.39 is 6.10 Å². The van der Waals surface area contributed by atoms with Crippen LogP contribution in [0.5, 0.6) is 5.75 Å². The van der Waals surface area contributed by atoms with Gasteiger partial charge in [0.15, 0.2) is 0 Å². The van der Waals surface area contributed by atoms with E-state index in [1.54, 1.807) is 0 Å². The molecule has 0 saturated carbocycles. The zero-order valence-electron chi connectivity index (χ0n) is 18.9. The topological polar surface area (TPSA) is 45.2 Å². The molecule has 0 bridgehead atoms. The molecule has 6 heteroatoms. The molecule has 1 saturated heterocycles. The predicted octanol–water partition coefficient (Wildman–Crippen LogP) is 4.35. The third-order valence-electron chi connectivity index (χ3n) is 5.71. The third-order valence-corrected chi connectivity index (χ3v) is 5.94. The number of aryl methyl sites for hydroxylation is 1. The van der Waals surface area contributed by atoms with Crippen LogP contribution in [0.2, 0.25) is 5.02 Å². The summed E-state index contributed by atoms with van der Waals surface area (Å²) < 4.78 is 11.3. The monoisotopic (exact) mass is 446 g/mol. The Morgan fingerprint density at radius 2 is 1.71 bits per heavy atom. The van der Waals surface area contributed by atoms with Crippen molar-refractivity contribution < 1.29 is 14.6 Å². The van der Waals surface area contributed by atoms with Crippen LogP contribution in [-0.4, -0.2) is 68.7 Å². The number of hydrogen-bond acceptors (Lipinski definition) is 5. The fourth-order valence-corrected chi connectivity index (χ4v) is 4.00. The van der Waals surface area contributed by atoms with Gasteiger partial charge in [0.25, 0.3) is 0 Å². The number of ether oxygens (including phenoxy) is 2. The first-order chi connectivity index (χ1) is 14.9. The molecule has 1 atom stereocenters. The second kappa shape index (κ2) is 11.7. The zero-order chi connectivity index (χ0) is 22.2. The zero-order valence-corrected chi connectivity index (χ0v) is 19.6. The number of aliphatic hydroxyl groups is 1. The largest absolute Gasteiger partial charge is 0.491 e. The predicted molar refractivity (Wildman–Crippen MR) is 128 cm³/mol. The van der Waals surface area contributed by atoms with Gasteiger partial charge < -0.3 is 19.5 Å². The molecule has 0 aromatic heterocycles. The molecule has 0 radical (unpaired) electrons. The van der Waals surface area contributed by atoms with Crippen LogP contribution in [0.25, 0.3) is 0 Å². The Balaban J connectivity index is 1.30. The molecule has 1 aliphatic rings. The molecular formula is C25H35ClN2O3. The van der Waals surface area contributed by atoms with E-state index in [1.807, 2.05) is 24.3 Å². The number of halogens is 1. The first kappa shape index (κ1) is 23.9. The Morgan fingerprint density at radius 3 is 2.39 bits per heavy atom. The van der Waals surface area contributed by atoms with Gasteiger partial charge in [0.05, 0.1) is 19.3 Å². The van der Waals surface area contributed by atoms with Gasteiger partial charge in [0.1, 0.15) is 12.4 Å². The van der Waals surface area contributed by atoms with E-state index in [2.05, 4.69) is 48.8 Å². The smallest absolute Gasteiger partial charge is 0.119 e. The molecule has 1 aliphatic heterocycles. The van der Waals surface area contributed by atoms with E-state index in [4.69, 9.17) is 21.1 Å². The van der Waals surface area contributed by atoms with E-state index in [9.17, 15) is 5.11 Å². The summed E-state index contributed by atoms with van der Waals surface area (Å²) >= 11 is 6.16. The lowest BCUT2D eigenvalue weighted by Gasteiger charge is -2.37. The second-order valence-electron chi connectivity index (χ2n) is 8.52. The van der Waals surface area contributed by atoms with E-state index in [0.29, 0.717) is 32.3 Å². The van der Waals surface area contributed by atoms with Crippen molar-refractivity contribution in [3.63, 3.8) is 0 Å². The van der Waals surface area contributed by atoms with Crippen molar-refractivity contribution in [1.82, 2.24) is 4.90 Å². The van der Waals surface area contributed by atoms with Crippen molar-refractivity contribution in [1.29, 1.82) is 0 Å². The van der Waals surface area contributed by atoms with Crippen LogP contribution in [0.1, 0.15) is 30.9 Å². The molecule has 0 unspecified atom stereocenters. The highest BCUT2D eigenvalue weighted by Crippen LogP contribution is 2.25. The Kier molecular flexibility index (Phi) is 9.02. The fourth-order valence-electron chi connectivity index (χ4n) is 3.83. The van der Waals surface area contributed by atoms with Crippen LogP contribution >= 0.6 is 11.6 Å². The summed E-state index contributed by atoms with van der Waals surface area (Å²) in [5.41, 5.74) is 3.74. The lowest BCUT2D eigenvalue weighted by atomic mass is 10.0. The average Bonchev–Trinajstić information content (AvgIpc) is 2.76. The number of benzene rings is 2. The Labute approximate surface area is 191 Å². The molecule has 2 aromatic carbocycles. The summed E-state index contributed by atoms with van der Waals surface area (Å²) in [6.07, 6.45) is -0.496. The van der Waals surface area contributed by atoms with Gasteiger partial charge in [-0.15, -0.1) is 0 Å². The second-order valence-corrected chi connectivity index (χ2v) is 8.96. The maximum atomic E-state index is 10.3. The summed E-state index contributed by atoms with van der Waals surface area (Å²) in [6, 6.07) is 14.2. The summed E-state index contributed by atoms with van der Waals surface area (Å²) in [5, 5.41) is 11.1. The van der Waals surface area contributed by atoms with Gasteiger partial charge in [-0.2, -0.15) is 0 Å². The molecule has 31 heavy (non-hydrogen) atoms. The van der Waals surface area contributed by atoms with Crippen LogP contribution in [0, 0.1) is 6.92 Å². The van der Waals surface area contributed by atoms with Gasteiger partial charge >= 0.3 is 0 Å². The summed E-state index contributed by atoms with van der Waals surface area (Å²) in [7, 11) is 0. The maximum Gasteiger partial charge on any atom is 0.119 e. The van der Waals surface area contributed by atoms with E-state index in [-0.39, 0.29) is 0 Å². The summed E-state index contributed by atoms with van der Waals surface area (Å²) in [5.74, 6) is 1.36. The van der Waals surface area contributed by atoms with Crippen molar-refractivity contribution in [3.05, 3.63) is 58.6 Å². The maximum absolute atomic E-state index is 10.3. The van der Waals surface area contributed by atoms with Crippen molar-refractivity contribution in [3.8, 4) is 5.75 Å². The molecule has 2 aromatic rings. The number of rotatable bonds is 10. The van der Waals surface area contributed by atoms with Gasteiger partial charge in [-0.25, -0.2) is 0 Å². The van der Waals surface area contributed by atoms with Crippen molar-refractivity contribution in [2.45, 2.75) is 32.8 Å². The van der Waals surface area contributed by atoms with Crippen molar-refractivity contribution in [2.24, 2.45) is 0 Å². The molecular weight excluding hydrogens is 412 g/mol. The molecule has 0 spiro atoms. The van der Waals surface area contributed by atoms with Gasteiger partial charge in [-0.1, -0.05) is 43.6 Å². The first-order valence-corrected chi connectivity index (χ1v) is 11.5. The molecule has 5 nitrogen and oxygen atoms in total. The highest BCUT2D eigenvalue weighted by atomic mass is 35.5. The Bertz CT molecular complexity index is 805. The molecule has 170 valence electrons. The first-order valence-electron chi connectivity index (χ1n) is 11.1. The Hall–Kier alpha value is -1.79. The number of β-amino-alcohol motifs (C(OH)–C–C–N with tert-alkyl or cyclic N) is 1. The van der Waals surface area contributed by atoms with E-state index in [0.717, 1.165) is 37.0 Å². The molecule has 1 fully saturated rings. The number of hydrogen-bond donors (Lipinski definition) is 1. The normalized spacial score (nSPS) is 16.0. The molecule has 1 heterocycles. The van der Waals surface area contributed by atoms with Gasteiger partial charge in [0, 0.05) is 43.4 Å². The van der Waals surface area contributed by atoms with Crippen LogP contribution < -0.4 is 9.64 Å². The highest BCUT2D eigenvalue weighted by molar-refractivity contribution is 6.30. The number of piperazine rings is 1. The molecule has 0 aliphatic carbocycles. The number of aliphatic hydroxyl groups excluding tert-OH is 1. The van der Waals surface area contributed by atoms with Crippen LogP contribution in [0.15, 0.2) is 42.5 Å². The SMILES string of the molecule is Cc1ccc(Cl)cc1N1CCN(C[C@H](O)COCCOc2ccc(C(C)C)cc2)CC1. The van der Waals surface area contributed by atoms with Gasteiger partial charge in [-0.05, 0) is 48.2 Å². The van der Waals surface area contributed by atoms with Gasteiger partial charge in [-0.3, -0.25) is 4.90 Å². The lowest BCUT2D eigenvalue weighted by molar-refractivity contribution is 0.00718. The third kappa shape index (κ3) is 7.39. The quantitative estimate of drug-likeness (QED) is 0.550. The number of nitrogens with zero attached hydrogens (tertiary/aromatic N) is 2. The summed E-state index contributed by atoms with van der Waals surface area (Å²) in [6.45, 7) is 12.0. The number of anilines is 1. The van der Waals surface area contributed by atoms with Crippen LogP contribution in [0.4, 0.5) is 5.69 Å². The standard InChI is InChI=1S/C25H35ClN2O3/c1-19(2)21-5-8-24(9-6-21)31-15-14-30-18-23(29)17-27-10-12-28(13-11-27)25-16-22(26)7-4-20(25)3/h4-9,16,19,23,29H,10-15,17-18H2,1-3H3/t23-/m0/s1. The van der Waals surface area contributed by atoms with Crippen LogP contribution in [-0.2, 0) is 4.74 Å². The minimum atomic E-state index is -0.496. The fraction of sp³-hybridized carbons (Fsp3) is 0.520. The average molecular weight is 447 g/mol. The van der Waals surface area contributed by atoms with Crippen LogP contribution in [0.3, 0.4) is 0 Å². The van der Waals surface area contributed by atoms with E-state index >= 15 is 0 Å². The minimum absolute atomic E-state index is 0.323. The van der Waals surface area contributed by atoms with Crippen molar-refractivity contribution in [2.75, 3.05) is 57.4 Å². The van der Waals surface area contributed by atoms with Gasteiger partial charge in [0.2, 0.25) is 0 Å². The Morgan fingerprint density at radius 1 is 1.00 bits per heavy atom. The lowest BCUT2D eigenvalue weighted by Crippen LogP contribution is -2.49. The summed E-state index contributed by atoms with van der Waals surface area (Å²) in [4.78, 5) is 4.66.